The molecule has 0 fully saturated rings. The Hall–Kier alpha value is -1.71. The monoisotopic (exact) mass is 236 g/mol. The first-order chi connectivity index (χ1) is 8.08. The van der Waals surface area contributed by atoms with Gasteiger partial charge < -0.3 is 14.2 Å². The van der Waals surface area contributed by atoms with Gasteiger partial charge in [0.05, 0.1) is 0 Å². The van der Waals surface area contributed by atoms with Crippen molar-refractivity contribution in [1.82, 2.24) is 0 Å². The van der Waals surface area contributed by atoms with Crippen LogP contribution in [-0.4, -0.2) is 12.8 Å². The van der Waals surface area contributed by atoms with Gasteiger partial charge in [0.1, 0.15) is 6.10 Å². The largest absolute Gasteiger partial charge is 0.457 e. The van der Waals surface area contributed by atoms with Crippen LogP contribution in [0.4, 0.5) is 0 Å². The summed E-state index contributed by atoms with van der Waals surface area (Å²) in [7, 11) is 0. The Morgan fingerprint density at radius 2 is 2.00 bits per heavy atom. The Kier molecular flexibility index (Phi) is 3.22. The topological polar surface area (TPSA) is 44.8 Å². The molecule has 2 rings (SSSR count). The lowest BCUT2D eigenvalue weighted by atomic mass is 9.98. The molecule has 0 N–H and O–H groups in total. The van der Waals surface area contributed by atoms with Crippen molar-refractivity contribution in [2.45, 2.75) is 26.9 Å². The van der Waals surface area contributed by atoms with Gasteiger partial charge in [-0.25, -0.2) is 0 Å². The second-order valence-electron chi connectivity index (χ2n) is 4.39. The third kappa shape index (κ3) is 2.52. The molecule has 1 aliphatic rings. The van der Waals surface area contributed by atoms with Crippen LogP contribution in [0.1, 0.15) is 32.4 Å². The van der Waals surface area contributed by atoms with Crippen molar-refractivity contribution in [3.8, 4) is 11.5 Å². The predicted molar refractivity (Wildman–Crippen MR) is 61.9 cm³/mol. The van der Waals surface area contributed by atoms with Gasteiger partial charge in [-0.1, -0.05) is 19.9 Å². The first kappa shape index (κ1) is 11.8. The molecule has 17 heavy (non-hydrogen) atoms. The third-order valence-corrected chi connectivity index (χ3v) is 2.62. The van der Waals surface area contributed by atoms with E-state index in [-0.39, 0.29) is 24.8 Å². The summed E-state index contributed by atoms with van der Waals surface area (Å²) in [5, 5.41) is 0. The molecule has 0 bridgehead atoms. The maximum Gasteiger partial charge on any atom is 0.303 e. The normalized spacial score (nSPS) is 14.8. The van der Waals surface area contributed by atoms with Crippen LogP contribution in [0.2, 0.25) is 0 Å². The third-order valence-electron chi connectivity index (χ3n) is 2.62. The van der Waals surface area contributed by atoms with Gasteiger partial charge in [0, 0.05) is 6.92 Å². The first-order valence-corrected chi connectivity index (χ1v) is 5.64. The van der Waals surface area contributed by atoms with Crippen molar-refractivity contribution in [3.63, 3.8) is 0 Å². The zero-order valence-electron chi connectivity index (χ0n) is 10.2. The van der Waals surface area contributed by atoms with Gasteiger partial charge in [-0.05, 0) is 23.6 Å². The summed E-state index contributed by atoms with van der Waals surface area (Å²) in [6.45, 7) is 5.69. The fourth-order valence-electron chi connectivity index (χ4n) is 1.86. The second-order valence-corrected chi connectivity index (χ2v) is 4.39. The molecular weight excluding hydrogens is 220 g/mol. The lowest BCUT2D eigenvalue weighted by molar-refractivity contribution is -0.149. The maximum atomic E-state index is 11.1. The number of carbonyl (C=O) groups is 1. The van der Waals surface area contributed by atoms with E-state index in [9.17, 15) is 4.79 Å². The van der Waals surface area contributed by atoms with Gasteiger partial charge in [0.15, 0.2) is 11.5 Å². The smallest absolute Gasteiger partial charge is 0.303 e. The Labute approximate surface area is 100 Å². The number of fused-ring (bicyclic) bond motifs is 1. The average molecular weight is 236 g/mol. The number of hydrogen-bond donors (Lipinski definition) is 0. The number of carbonyl (C=O) groups excluding carboxylic acids is 1. The summed E-state index contributed by atoms with van der Waals surface area (Å²) in [6.07, 6.45) is -0.248. The highest BCUT2D eigenvalue weighted by atomic mass is 16.7. The van der Waals surface area contributed by atoms with Crippen molar-refractivity contribution in [2.75, 3.05) is 6.79 Å². The molecule has 0 aliphatic carbocycles. The summed E-state index contributed by atoms with van der Waals surface area (Å²) >= 11 is 0. The Bertz CT molecular complexity index is 425. The van der Waals surface area contributed by atoms with E-state index in [1.165, 1.54) is 6.92 Å². The molecule has 1 aliphatic heterocycles. The molecular formula is C13H16O4. The van der Waals surface area contributed by atoms with Crippen molar-refractivity contribution in [1.29, 1.82) is 0 Å². The molecule has 4 heteroatoms. The van der Waals surface area contributed by atoms with Gasteiger partial charge in [-0.3, -0.25) is 4.79 Å². The molecule has 0 saturated heterocycles. The highest BCUT2D eigenvalue weighted by Gasteiger charge is 2.22. The first-order valence-electron chi connectivity index (χ1n) is 5.64. The molecule has 1 aromatic carbocycles. The molecule has 1 heterocycles. The maximum absolute atomic E-state index is 11.1. The molecule has 0 amide bonds. The van der Waals surface area contributed by atoms with Crippen LogP contribution in [0, 0.1) is 5.92 Å². The quantitative estimate of drug-likeness (QED) is 0.757. The zero-order chi connectivity index (χ0) is 12.4. The zero-order valence-corrected chi connectivity index (χ0v) is 10.2. The number of rotatable bonds is 3. The van der Waals surface area contributed by atoms with Crippen LogP contribution >= 0.6 is 0 Å². The van der Waals surface area contributed by atoms with E-state index in [4.69, 9.17) is 14.2 Å². The number of ether oxygens (including phenoxy) is 3. The molecule has 1 aromatic rings. The molecule has 0 aromatic heterocycles. The van der Waals surface area contributed by atoms with Crippen LogP contribution in [0.25, 0.3) is 0 Å². The van der Waals surface area contributed by atoms with E-state index >= 15 is 0 Å². The van der Waals surface area contributed by atoms with Gasteiger partial charge >= 0.3 is 5.97 Å². The van der Waals surface area contributed by atoms with Gasteiger partial charge in [-0.2, -0.15) is 0 Å². The van der Waals surface area contributed by atoms with Crippen LogP contribution in [0.5, 0.6) is 11.5 Å². The predicted octanol–water partition coefficient (Wildman–Crippen LogP) is 2.68. The van der Waals surface area contributed by atoms with E-state index in [0.717, 1.165) is 11.3 Å². The SMILES string of the molecule is CC(=O)OC(c1ccc2c(c1)OCO2)C(C)C. The molecule has 92 valence electrons. The lowest BCUT2D eigenvalue weighted by Gasteiger charge is -2.21. The van der Waals surface area contributed by atoms with Crippen LogP contribution in [-0.2, 0) is 9.53 Å². The van der Waals surface area contributed by atoms with E-state index in [2.05, 4.69) is 0 Å². The van der Waals surface area contributed by atoms with Crippen molar-refractivity contribution in [3.05, 3.63) is 23.8 Å². The van der Waals surface area contributed by atoms with E-state index in [1.807, 2.05) is 32.0 Å². The summed E-state index contributed by atoms with van der Waals surface area (Å²) in [4.78, 5) is 11.1. The highest BCUT2D eigenvalue weighted by molar-refractivity contribution is 5.66. The number of esters is 1. The fraction of sp³-hybridized carbons (Fsp3) is 0.462. The highest BCUT2D eigenvalue weighted by Crippen LogP contribution is 2.36. The van der Waals surface area contributed by atoms with Crippen LogP contribution in [0.3, 0.4) is 0 Å². The lowest BCUT2D eigenvalue weighted by Crippen LogP contribution is -2.14. The van der Waals surface area contributed by atoms with Crippen molar-refractivity contribution < 1.29 is 19.0 Å². The second kappa shape index (κ2) is 4.65. The molecule has 1 atom stereocenters. The van der Waals surface area contributed by atoms with E-state index in [1.54, 1.807) is 0 Å². The van der Waals surface area contributed by atoms with Crippen molar-refractivity contribution in [2.24, 2.45) is 5.92 Å². The fourth-order valence-corrected chi connectivity index (χ4v) is 1.86. The molecule has 4 nitrogen and oxygen atoms in total. The summed E-state index contributed by atoms with van der Waals surface area (Å²) in [5.41, 5.74) is 0.930. The van der Waals surface area contributed by atoms with Crippen molar-refractivity contribution >= 4 is 5.97 Å². The number of benzene rings is 1. The van der Waals surface area contributed by atoms with E-state index in [0.29, 0.717) is 5.75 Å². The summed E-state index contributed by atoms with van der Waals surface area (Å²) < 4.78 is 15.9. The summed E-state index contributed by atoms with van der Waals surface area (Å²) in [6, 6.07) is 5.62. The molecule has 1 unspecified atom stereocenters. The molecule has 0 radical (unpaired) electrons. The minimum Gasteiger partial charge on any atom is -0.457 e. The van der Waals surface area contributed by atoms with Gasteiger partial charge in [0.2, 0.25) is 6.79 Å². The Morgan fingerprint density at radius 1 is 1.29 bits per heavy atom. The van der Waals surface area contributed by atoms with Crippen LogP contribution in [0.15, 0.2) is 18.2 Å². The minimum atomic E-state index is -0.277. The van der Waals surface area contributed by atoms with E-state index < -0.39 is 0 Å². The van der Waals surface area contributed by atoms with Gasteiger partial charge in [0.25, 0.3) is 0 Å². The molecule has 0 spiro atoms. The Balaban J connectivity index is 2.27. The average Bonchev–Trinajstić information content (AvgIpc) is 2.72. The van der Waals surface area contributed by atoms with Gasteiger partial charge in [-0.15, -0.1) is 0 Å². The standard InChI is InChI=1S/C13H16O4/c1-8(2)13(17-9(3)14)10-4-5-11-12(6-10)16-7-15-11/h4-6,8,13H,7H2,1-3H3. The van der Waals surface area contributed by atoms with Crippen LogP contribution < -0.4 is 9.47 Å². The Morgan fingerprint density at radius 3 is 2.65 bits per heavy atom. The summed E-state index contributed by atoms with van der Waals surface area (Å²) in [5.74, 6) is 1.38. The molecule has 0 saturated carbocycles. The number of hydrogen-bond acceptors (Lipinski definition) is 4. The minimum absolute atomic E-state index is 0.208.